The fourth-order valence-corrected chi connectivity index (χ4v) is 2.80. The molecule has 1 aromatic rings. The monoisotopic (exact) mass is 236 g/mol. The number of Topliss-reactive ketones (excluding diaryl/α,β-unsaturated/α-hetero) is 1. The first kappa shape index (κ1) is 11.5. The second-order valence-corrected chi connectivity index (χ2v) is 5.57. The number of hydrogen-bond donors (Lipinski definition) is 1. The summed E-state index contributed by atoms with van der Waals surface area (Å²) in [6.45, 7) is 4.01. The van der Waals surface area contributed by atoms with E-state index in [9.17, 15) is 4.79 Å². The summed E-state index contributed by atoms with van der Waals surface area (Å²) in [4.78, 5) is 17.5. The highest BCUT2D eigenvalue weighted by molar-refractivity contribution is 7.11. The first-order valence-corrected chi connectivity index (χ1v) is 6.27. The molecule has 0 aliphatic heterocycles. The minimum Gasteiger partial charge on any atom is -0.324 e. The van der Waals surface area contributed by atoms with Crippen LogP contribution in [0.4, 0.5) is 0 Å². The average Bonchev–Trinajstić information content (AvgIpc) is 2.75. The molecule has 0 fully saturated rings. The van der Waals surface area contributed by atoms with Gasteiger partial charge >= 0.3 is 0 Å². The molecular weight excluding hydrogens is 220 g/mol. The van der Waals surface area contributed by atoms with Crippen molar-refractivity contribution in [2.75, 3.05) is 0 Å². The Morgan fingerprint density at radius 1 is 1.56 bits per heavy atom. The average molecular weight is 236 g/mol. The molecule has 0 saturated carbocycles. The predicted octanol–water partition coefficient (Wildman–Crippen LogP) is 1.77. The number of aromatic nitrogens is 1. The molecule has 0 aromatic carbocycles. The van der Waals surface area contributed by atoms with Crippen molar-refractivity contribution in [1.82, 2.24) is 4.98 Å². The maximum Gasteiger partial charge on any atom is 0.146 e. The van der Waals surface area contributed by atoms with Crippen molar-refractivity contribution in [2.45, 2.75) is 32.7 Å². The smallest absolute Gasteiger partial charge is 0.146 e. The van der Waals surface area contributed by atoms with Crippen LogP contribution in [0, 0.1) is 19.8 Å². The summed E-state index contributed by atoms with van der Waals surface area (Å²) in [5, 5.41) is 0.925. The third-order valence-corrected chi connectivity index (χ3v) is 4.00. The Morgan fingerprint density at radius 3 is 2.81 bits per heavy atom. The molecule has 2 N–H and O–H groups in total. The largest absolute Gasteiger partial charge is 0.324 e. The maximum atomic E-state index is 11.9. The Bertz CT molecular complexity index is 417. The number of carbonyl (C=O) groups excluding carboxylic acids is 1. The molecule has 1 aromatic heterocycles. The summed E-state index contributed by atoms with van der Waals surface area (Å²) < 4.78 is 0. The van der Waals surface area contributed by atoms with E-state index in [4.69, 9.17) is 5.73 Å². The predicted molar refractivity (Wildman–Crippen MR) is 65.5 cm³/mol. The highest BCUT2D eigenvalue weighted by Gasteiger charge is 2.23. The first-order chi connectivity index (χ1) is 7.56. The van der Waals surface area contributed by atoms with Crippen molar-refractivity contribution in [2.24, 2.45) is 11.7 Å². The summed E-state index contributed by atoms with van der Waals surface area (Å²) in [6, 6.07) is 0.0497. The molecule has 0 bridgehead atoms. The molecule has 3 nitrogen and oxygen atoms in total. The Morgan fingerprint density at radius 2 is 2.31 bits per heavy atom. The van der Waals surface area contributed by atoms with Gasteiger partial charge < -0.3 is 5.73 Å². The van der Waals surface area contributed by atoms with E-state index in [2.05, 4.69) is 4.98 Å². The third kappa shape index (κ3) is 2.39. The van der Waals surface area contributed by atoms with E-state index in [0.717, 1.165) is 17.1 Å². The van der Waals surface area contributed by atoms with Crippen LogP contribution >= 0.6 is 11.3 Å². The number of ketones is 1. The van der Waals surface area contributed by atoms with Gasteiger partial charge in [-0.15, -0.1) is 11.3 Å². The molecule has 4 heteroatoms. The van der Waals surface area contributed by atoms with Crippen LogP contribution in [0.3, 0.4) is 0 Å². The van der Waals surface area contributed by atoms with E-state index in [0.29, 0.717) is 6.42 Å². The fraction of sp³-hybridized carbons (Fsp3) is 0.500. The number of carbonyl (C=O) groups is 1. The molecule has 0 radical (unpaired) electrons. The van der Waals surface area contributed by atoms with Crippen molar-refractivity contribution in [3.63, 3.8) is 0 Å². The number of nitrogens with two attached hydrogens (primary N) is 1. The molecule has 1 aliphatic carbocycles. The third-order valence-electron chi connectivity index (χ3n) is 2.93. The lowest BCUT2D eigenvalue weighted by Crippen LogP contribution is -2.20. The number of nitrogens with zero attached hydrogens (tertiary/aromatic N) is 1. The van der Waals surface area contributed by atoms with Crippen molar-refractivity contribution in [3.8, 4) is 0 Å². The summed E-state index contributed by atoms with van der Waals surface area (Å²) >= 11 is 1.61. The molecule has 0 amide bonds. The van der Waals surface area contributed by atoms with Crippen molar-refractivity contribution >= 4 is 17.1 Å². The Balaban J connectivity index is 2.00. The van der Waals surface area contributed by atoms with E-state index in [1.54, 1.807) is 11.3 Å². The van der Waals surface area contributed by atoms with Crippen LogP contribution in [0.1, 0.15) is 22.0 Å². The van der Waals surface area contributed by atoms with Crippen LogP contribution in [0.2, 0.25) is 0 Å². The second-order valence-electron chi connectivity index (χ2n) is 4.28. The lowest BCUT2D eigenvalue weighted by atomic mass is 10.0. The Hall–Kier alpha value is -1.00. The van der Waals surface area contributed by atoms with Gasteiger partial charge in [0, 0.05) is 16.8 Å². The Labute approximate surface area is 99.4 Å². The van der Waals surface area contributed by atoms with E-state index in [-0.39, 0.29) is 17.7 Å². The number of rotatable bonds is 3. The number of allylic oxidation sites excluding steroid dienone is 1. The molecule has 2 rings (SSSR count). The summed E-state index contributed by atoms with van der Waals surface area (Å²) in [7, 11) is 0. The molecule has 1 heterocycles. The van der Waals surface area contributed by atoms with E-state index in [1.165, 1.54) is 4.88 Å². The van der Waals surface area contributed by atoms with Crippen LogP contribution in [-0.2, 0) is 11.2 Å². The maximum absolute atomic E-state index is 11.9. The van der Waals surface area contributed by atoms with Gasteiger partial charge in [-0.05, 0) is 20.3 Å². The van der Waals surface area contributed by atoms with Crippen LogP contribution in [0.15, 0.2) is 12.2 Å². The summed E-state index contributed by atoms with van der Waals surface area (Å²) in [5.74, 6) is 0.234. The first-order valence-electron chi connectivity index (χ1n) is 5.46. The minimum atomic E-state index is -0.000452. The van der Waals surface area contributed by atoms with Crippen LogP contribution in [0.5, 0.6) is 0 Å². The van der Waals surface area contributed by atoms with E-state index < -0.39 is 0 Å². The van der Waals surface area contributed by atoms with Gasteiger partial charge in [0.25, 0.3) is 0 Å². The second kappa shape index (κ2) is 4.47. The van der Waals surface area contributed by atoms with Gasteiger partial charge in [-0.3, -0.25) is 4.79 Å². The summed E-state index contributed by atoms with van der Waals surface area (Å²) in [6.07, 6.45) is 5.05. The van der Waals surface area contributed by atoms with Crippen LogP contribution in [0.25, 0.3) is 0 Å². The molecule has 16 heavy (non-hydrogen) atoms. The lowest BCUT2D eigenvalue weighted by molar-refractivity contribution is -0.120. The SMILES string of the molecule is Cc1nc(CC(=O)C2C=CC(N)C2)sc1C. The normalized spacial score (nSPS) is 23.9. The number of thiazole rings is 1. The van der Waals surface area contributed by atoms with Crippen LogP contribution in [-0.4, -0.2) is 16.8 Å². The highest BCUT2D eigenvalue weighted by atomic mass is 32.1. The zero-order chi connectivity index (χ0) is 11.7. The molecule has 2 atom stereocenters. The van der Waals surface area contributed by atoms with Gasteiger partial charge in [-0.25, -0.2) is 4.98 Å². The van der Waals surface area contributed by atoms with Gasteiger partial charge in [0.2, 0.25) is 0 Å². The van der Waals surface area contributed by atoms with Crippen molar-refractivity contribution < 1.29 is 4.79 Å². The van der Waals surface area contributed by atoms with Gasteiger partial charge in [0.1, 0.15) is 10.8 Å². The number of hydrogen-bond acceptors (Lipinski definition) is 4. The molecular formula is C12H16N2OS. The minimum absolute atomic E-state index is 0.000452. The van der Waals surface area contributed by atoms with Gasteiger partial charge in [-0.2, -0.15) is 0 Å². The van der Waals surface area contributed by atoms with Gasteiger partial charge in [0.15, 0.2) is 0 Å². The Kier molecular flexibility index (Phi) is 3.21. The van der Waals surface area contributed by atoms with E-state index in [1.807, 2.05) is 26.0 Å². The topological polar surface area (TPSA) is 56.0 Å². The van der Waals surface area contributed by atoms with Gasteiger partial charge in [-0.1, -0.05) is 12.2 Å². The molecule has 86 valence electrons. The fourth-order valence-electron chi connectivity index (χ4n) is 1.86. The number of aryl methyl sites for hydroxylation is 2. The highest BCUT2D eigenvalue weighted by Crippen LogP contribution is 2.22. The van der Waals surface area contributed by atoms with E-state index >= 15 is 0 Å². The summed E-state index contributed by atoms with van der Waals surface area (Å²) in [5.41, 5.74) is 6.77. The molecule has 0 spiro atoms. The van der Waals surface area contributed by atoms with Crippen molar-refractivity contribution in [1.29, 1.82) is 0 Å². The quantitative estimate of drug-likeness (QED) is 0.814. The van der Waals surface area contributed by atoms with Gasteiger partial charge in [0.05, 0.1) is 12.1 Å². The van der Waals surface area contributed by atoms with Crippen LogP contribution < -0.4 is 5.73 Å². The van der Waals surface area contributed by atoms with Crippen molar-refractivity contribution in [3.05, 3.63) is 27.7 Å². The standard InChI is InChI=1S/C12H16N2OS/c1-7-8(2)16-12(14-7)6-11(15)9-3-4-10(13)5-9/h3-4,9-10H,5-6,13H2,1-2H3. The molecule has 2 unspecified atom stereocenters. The zero-order valence-electron chi connectivity index (χ0n) is 9.56. The molecule has 0 saturated heterocycles. The zero-order valence-corrected chi connectivity index (χ0v) is 10.4. The molecule has 1 aliphatic rings. The lowest BCUT2D eigenvalue weighted by Gasteiger charge is -2.06.